The molecule has 0 aliphatic carbocycles. The summed E-state index contributed by atoms with van der Waals surface area (Å²) in [4.78, 5) is 21.7. The molecule has 76 valence electrons. The van der Waals surface area contributed by atoms with Crippen LogP contribution >= 0.6 is 11.8 Å². The van der Waals surface area contributed by atoms with Crippen LogP contribution in [0.25, 0.3) is 0 Å². The van der Waals surface area contributed by atoms with Crippen molar-refractivity contribution in [2.45, 2.75) is 19.9 Å². The second kappa shape index (κ2) is 5.85. The Morgan fingerprint density at radius 2 is 2.00 bits per heavy atom. The second-order valence-electron chi connectivity index (χ2n) is 3.06. The standard InChI is InChI=1S/C8H15NO3S/c1-5(2)7(8(11)12)9-6(10)4-13-3/h5,7H,4H2,1-3H3,(H,9,10)(H,11,12)/t7-/m1/s1. The summed E-state index contributed by atoms with van der Waals surface area (Å²) in [6.45, 7) is 3.52. The first-order chi connectivity index (χ1) is 5.99. The summed E-state index contributed by atoms with van der Waals surface area (Å²) in [5.41, 5.74) is 0. The number of carboxylic acid groups (broad SMARTS) is 1. The lowest BCUT2D eigenvalue weighted by atomic mass is 10.1. The maximum atomic E-state index is 11.1. The molecule has 5 heteroatoms. The van der Waals surface area contributed by atoms with Crippen molar-refractivity contribution in [1.29, 1.82) is 0 Å². The van der Waals surface area contributed by atoms with Crippen LogP contribution in [0, 0.1) is 5.92 Å². The number of aliphatic carboxylic acids is 1. The lowest BCUT2D eigenvalue weighted by Crippen LogP contribution is -2.45. The highest BCUT2D eigenvalue weighted by atomic mass is 32.2. The number of nitrogens with one attached hydrogen (secondary N) is 1. The Hall–Kier alpha value is -0.710. The van der Waals surface area contributed by atoms with Crippen molar-refractivity contribution in [3.05, 3.63) is 0 Å². The first kappa shape index (κ1) is 12.3. The Balaban J connectivity index is 4.10. The number of amides is 1. The third-order valence-corrected chi connectivity index (χ3v) is 2.08. The summed E-state index contributed by atoms with van der Waals surface area (Å²) < 4.78 is 0. The van der Waals surface area contributed by atoms with E-state index in [4.69, 9.17) is 5.11 Å². The molecule has 0 aliphatic heterocycles. The molecule has 0 saturated heterocycles. The molecule has 1 atom stereocenters. The summed E-state index contributed by atoms with van der Waals surface area (Å²) >= 11 is 1.37. The molecule has 0 saturated carbocycles. The first-order valence-electron chi connectivity index (χ1n) is 4.00. The van der Waals surface area contributed by atoms with E-state index in [-0.39, 0.29) is 11.8 Å². The Kier molecular flexibility index (Phi) is 5.53. The van der Waals surface area contributed by atoms with Gasteiger partial charge in [0.05, 0.1) is 5.75 Å². The van der Waals surface area contributed by atoms with Gasteiger partial charge in [-0.05, 0) is 12.2 Å². The van der Waals surface area contributed by atoms with Crippen molar-refractivity contribution >= 4 is 23.6 Å². The molecule has 0 heterocycles. The number of rotatable bonds is 5. The number of carboxylic acids is 1. The number of hydrogen-bond acceptors (Lipinski definition) is 3. The van der Waals surface area contributed by atoms with Gasteiger partial charge in [0.25, 0.3) is 0 Å². The minimum atomic E-state index is -0.982. The number of carbonyl (C=O) groups excluding carboxylic acids is 1. The van der Waals surface area contributed by atoms with Gasteiger partial charge in [0, 0.05) is 0 Å². The predicted octanol–water partition coefficient (Wildman–Crippen LogP) is 0.575. The van der Waals surface area contributed by atoms with Gasteiger partial charge in [-0.2, -0.15) is 11.8 Å². The van der Waals surface area contributed by atoms with Crippen LogP contribution in [0.15, 0.2) is 0 Å². The van der Waals surface area contributed by atoms with Gasteiger partial charge in [-0.1, -0.05) is 13.8 Å². The molecular formula is C8H15NO3S. The van der Waals surface area contributed by atoms with Crippen LogP contribution in [0.5, 0.6) is 0 Å². The molecule has 1 amide bonds. The van der Waals surface area contributed by atoms with Gasteiger partial charge >= 0.3 is 5.97 Å². The maximum Gasteiger partial charge on any atom is 0.326 e. The smallest absolute Gasteiger partial charge is 0.326 e. The summed E-state index contributed by atoms with van der Waals surface area (Å²) in [6.07, 6.45) is 1.80. The van der Waals surface area contributed by atoms with Crippen molar-refractivity contribution in [3.8, 4) is 0 Å². The van der Waals surface area contributed by atoms with E-state index in [1.165, 1.54) is 11.8 Å². The SMILES string of the molecule is CSCC(=O)N[C@@H](C(=O)O)C(C)C. The van der Waals surface area contributed by atoms with Crippen molar-refractivity contribution in [3.63, 3.8) is 0 Å². The van der Waals surface area contributed by atoms with Crippen LogP contribution in [-0.4, -0.2) is 35.0 Å². The molecule has 0 rings (SSSR count). The molecule has 0 aromatic rings. The van der Waals surface area contributed by atoms with E-state index < -0.39 is 12.0 Å². The lowest BCUT2D eigenvalue weighted by molar-refractivity contribution is -0.142. The minimum Gasteiger partial charge on any atom is -0.480 e. The van der Waals surface area contributed by atoms with E-state index in [1.54, 1.807) is 20.1 Å². The van der Waals surface area contributed by atoms with Crippen molar-refractivity contribution < 1.29 is 14.7 Å². The van der Waals surface area contributed by atoms with Gasteiger partial charge in [0.1, 0.15) is 6.04 Å². The summed E-state index contributed by atoms with van der Waals surface area (Å²) in [7, 11) is 0. The van der Waals surface area contributed by atoms with Gasteiger partial charge < -0.3 is 10.4 Å². The fourth-order valence-corrected chi connectivity index (χ4v) is 1.21. The van der Waals surface area contributed by atoms with E-state index in [0.717, 1.165) is 0 Å². The minimum absolute atomic E-state index is 0.0942. The largest absolute Gasteiger partial charge is 0.480 e. The van der Waals surface area contributed by atoms with Crippen molar-refractivity contribution in [2.24, 2.45) is 5.92 Å². The fraction of sp³-hybridized carbons (Fsp3) is 0.750. The van der Waals surface area contributed by atoms with Crippen molar-refractivity contribution in [2.75, 3.05) is 12.0 Å². The summed E-state index contributed by atoms with van der Waals surface area (Å²) in [5, 5.41) is 11.2. The molecule has 2 N–H and O–H groups in total. The van der Waals surface area contributed by atoms with Crippen LogP contribution in [0.4, 0.5) is 0 Å². The Morgan fingerprint density at radius 3 is 2.31 bits per heavy atom. The van der Waals surface area contributed by atoms with Gasteiger partial charge in [-0.3, -0.25) is 4.79 Å². The third-order valence-electron chi connectivity index (χ3n) is 1.52. The van der Waals surface area contributed by atoms with Crippen LogP contribution in [0.1, 0.15) is 13.8 Å². The second-order valence-corrected chi connectivity index (χ2v) is 3.93. The van der Waals surface area contributed by atoms with E-state index in [9.17, 15) is 9.59 Å². The van der Waals surface area contributed by atoms with Gasteiger partial charge in [0.15, 0.2) is 0 Å². The highest BCUT2D eigenvalue weighted by molar-refractivity contribution is 7.99. The molecule has 13 heavy (non-hydrogen) atoms. The average Bonchev–Trinajstić information content (AvgIpc) is 1.99. The molecule has 0 aromatic carbocycles. The molecular weight excluding hydrogens is 190 g/mol. The van der Waals surface area contributed by atoms with E-state index in [1.807, 2.05) is 0 Å². The van der Waals surface area contributed by atoms with Gasteiger partial charge in [-0.25, -0.2) is 4.79 Å². The Labute approximate surface area is 82.1 Å². The van der Waals surface area contributed by atoms with E-state index in [2.05, 4.69) is 5.32 Å². The number of hydrogen-bond donors (Lipinski definition) is 2. The highest BCUT2D eigenvalue weighted by Crippen LogP contribution is 2.02. The molecule has 0 aromatic heterocycles. The highest BCUT2D eigenvalue weighted by Gasteiger charge is 2.22. The van der Waals surface area contributed by atoms with Gasteiger partial charge in [-0.15, -0.1) is 0 Å². The van der Waals surface area contributed by atoms with Crippen molar-refractivity contribution in [1.82, 2.24) is 5.32 Å². The van der Waals surface area contributed by atoms with Crippen LogP contribution in [-0.2, 0) is 9.59 Å². The fourth-order valence-electron chi connectivity index (χ4n) is 0.860. The zero-order valence-electron chi connectivity index (χ0n) is 8.03. The summed E-state index contributed by atoms with van der Waals surface area (Å²) in [5.74, 6) is -1.00. The number of thioether (sulfide) groups is 1. The summed E-state index contributed by atoms with van der Waals surface area (Å²) in [6, 6.07) is -0.778. The zero-order chi connectivity index (χ0) is 10.4. The molecule has 0 unspecified atom stereocenters. The lowest BCUT2D eigenvalue weighted by Gasteiger charge is -2.17. The predicted molar refractivity (Wildman–Crippen MR) is 52.8 cm³/mol. The zero-order valence-corrected chi connectivity index (χ0v) is 8.85. The molecule has 0 aliphatic rings. The molecule has 0 radical (unpaired) electrons. The third kappa shape index (κ3) is 4.77. The van der Waals surface area contributed by atoms with Crippen LogP contribution in [0.2, 0.25) is 0 Å². The monoisotopic (exact) mass is 205 g/mol. The van der Waals surface area contributed by atoms with Crippen LogP contribution in [0.3, 0.4) is 0 Å². The van der Waals surface area contributed by atoms with E-state index >= 15 is 0 Å². The van der Waals surface area contributed by atoms with E-state index in [0.29, 0.717) is 5.75 Å². The normalized spacial score (nSPS) is 12.6. The quantitative estimate of drug-likeness (QED) is 0.689. The maximum absolute atomic E-state index is 11.1. The number of carbonyl (C=O) groups is 2. The Morgan fingerprint density at radius 1 is 1.46 bits per heavy atom. The molecule has 0 spiro atoms. The Bertz CT molecular complexity index is 194. The molecule has 4 nitrogen and oxygen atoms in total. The average molecular weight is 205 g/mol. The first-order valence-corrected chi connectivity index (χ1v) is 5.39. The van der Waals surface area contributed by atoms with Gasteiger partial charge in [0.2, 0.25) is 5.91 Å². The molecule has 0 bridgehead atoms. The molecule has 0 fully saturated rings. The van der Waals surface area contributed by atoms with Crippen LogP contribution < -0.4 is 5.32 Å². The topological polar surface area (TPSA) is 66.4 Å².